The first-order valence-electron chi connectivity index (χ1n) is 6.12. The number of halogens is 6. The predicted molar refractivity (Wildman–Crippen MR) is 77.0 cm³/mol. The molecule has 0 saturated carbocycles. The summed E-state index contributed by atoms with van der Waals surface area (Å²) in [5.74, 6) is -1.05. The van der Waals surface area contributed by atoms with Crippen molar-refractivity contribution in [2.75, 3.05) is 18.8 Å². The Morgan fingerprint density at radius 3 is 2.39 bits per heavy atom. The van der Waals surface area contributed by atoms with E-state index in [9.17, 15) is 26.0 Å². The van der Waals surface area contributed by atoms with Crippen molar-refractivity contribution in [3.05, 3.63) is 33.5 Å². The van der Waals surface area contributed by atoms with E-state index >= 15 is 0 Å². The van der Waals surface area contributed by atoms with Crippen molar-refractivity contribution in [2.24, 2.45) is 0 Å². The topological polar surface area (TPSA) is 52.7 Å². The van der Waals surface area contributed by atoms with Gasteiger partial charge < -0.3 is 5.32 Å². The monoisotopic (exact) mass is 395 g/mol. The highest BCUT2D eigenvalue weighted by Crippen LogP contribution is 2.41. The third kappa shape index (κ3) is 3.69. The lowest BCUT2D eigenvalue weighted by Gasteiger charge is -2.32. The highest BCUT2D eigenvalue weighted by Gasteiger charge is 2.43. The number of nitrogens with zero attached hydrogens (tertiary/aromatic N) is 2. The Morgan fingerprint density at radius 2 is 1.91 bits per heavy atom. The molecule has 0 aromatic heterocycles. The molecule has 0 radical (unpaired) electrons. The molecule has 2 heterocycles. The van der Waals surface area contributed by atoms with Gasteiger partial charge in [0.15, 0.2) is 14.9 Å². The second kappa shape index (κ2) is 6.06. The number of sulfone groups is 1. The summed E-state index contributed by atoms with van der Waals surface area (Å²) in [5.41, 5.74) is -0.490. The highest BCUT2D eigenvalue weighted by molar-refractivity contribution is 7.94. The summed E-state index contributed by atoms with van der Waals surface area (Å²) in [4.78, 5) is 0. The second-order valence-corrected chi connectivity index (χ2v) is 7.36. The Labute approximate surface area is 139 Å². The van der Waals surface area contributed by atoms with Gasteiger partial charge in [0, 0.05) is 18.4 Å². The zero-order valence-electron chi connectivity index (χ0n) is 11.6. The van der Waals surface area contributed by atoms with Gasteiger partial charge in [0.25, 0.3) is 0 Å². The maximum Gasteiger partial charge on any atom is 0.390 e. The van der Waals surface area contributed by atoms with E-state index in [0.29, 0.717) is 0 Å². The quantitative estimate of drug-likeness (QED) is 0.450. The van der Waals surface area contributed by atoms with Crippen LogP contribution >= 0.6 is 23.2 Å². The highest BCUT2D eigenvalue weighted by atomic mass is 35.5. The van der Waals surface area contributed by atoms with E-state index < -0.39 is 46.0 Å². The Bertz CT molecular complexity index is 715. The maximum absolute atomic E-state index is 14.2. The van der Waals surface area contributed by atoms with Crippen LogP contribution in [0, 0.1) is 0 Å². The fraction of sp³-hybridized carbons (Fsp3) is 0.455. The van der Waals surface area contributed by atoms with Crippen LogP contribution in [0.3, 0.4) is 0 Å². The lowest BCUT2D eigenvalue weighted by atomic mass is 10.2. The molecule has 1 N–H and O–H groups in total. The van der Waals surface area contributed by atoms with Crippen LogP contribution in [-0.2, 0) is 9.84 Å². The Balaban J connectivity index is 2.55. The molecule has 0 bridgehead atoms. The van der Waals surface area contributed by atoms with Gasteiger partial charge >= 0.3 is 6.18 Å². The lowest BCUT2D eigenvalue weighted by Crippen LogP contribution is -2.40. The number of hydrogen-bond donors (Lipinski definition) is 1. The molecule has 0 aromatic carbocycles. The van der Waals surface area contributed by atoms with E-state index in [4.69, 9.17) is 23.2 Å². The molecule has 130 valence electrons. The third-order valence-corrected chi connectivity index (χ3v) is 4.61. The molecule has 0 spiro atoms. The average Bonchev–Trinajstić information content (AvgIpc) is 2.68. The summed E-state index contributed by atoms with van der Waals surface area (Å²) in [6.45, 7) is -0.700. The number of hydrogen-bond acceptors (Lipinski definition) is 5. The van der Waals surface area contributed by atoms with Gasteiger partial charge in [0.2, 0.25) is 5.95 Å². The van der Waals surface area contributed by atoms with Crippen molar-refractivity contribution < 1.29 is 26.0 Å². The van der Waals surface area contributed by atoms with Gasteiger partial charge in [-0.3, -0.25) is 10.0 Å². The van der Waals surface area contributed by atoms with Gasteiger partial charge in [0.1, 0.15) is 16.9 Å². The summed E-state index contributed by atoms with van der Waals surface area (Å²) in [5, 5.41) is 3.23. The van der Waals surface area contributed by atoms with Crippen molar-refractivity contribution >= 4 is 33.0 Å². The summed E-state index contributed by atoms with van der Waals surface area (Å²) < 4.78 is 75.6. The van der Waals surface area contributed by atoms with E-state index in [1.807, 2.05) is 0 Å². The van der Waals surface area contributed by atoms with Crippen molar-refractivity contribution in [3.8, 4) is 0 Å². The molecule has 0 aromatic rings. The maximum atomic E-state index is 14.2. The first-order valence-corrected chi connectivity index (χ1v) is 8.92. The minimum atomic E-state index is -4.50. The van der Waals surface area contributed by atoms with E-state index in [1.165, 1.54) is 0 Å². The molecule has 0 saturated heterocycles. The first kappa shape index (κ1) is 18.2. The molecule has 23 heavy (non-hydrogen) atoms. The number of nitrogens with one attached hydrogen (secondary N) is 1. The summed E-state index contributed by atoms with van der Waals surface area (Å²) in [6, 6.07) is -0.480. The molecule has 2 aliphatic heterocycles. The number of rotatable bonds is 4. The smallest absolute Gasteiger partial charge is 0.321 e. The van der Waals surface area contributed by atoms with Crippen molar-refractivity contribution in [1.82, 2.24) is 15.3 Å². The van der Waals surface area contributed by atoms with Crippen molar-refractivity contribution in [3.63, 3.8) is 0 Å². The number of dihydropyridines is 1. The zero-order valence-corrected chi connectivity index (χ0v) is 13.9. The largest absolute Gasteiger partial charge is 0.390 e. The molecule has 0 unspecified atom stereocenters. The SMILES string of the molecule is CS(=O)(=O)C1=C2C=C(Cl)NC(F)=C2N(CCC(F)(F)F)N1CCl. The van der Waals surface area contributed by atoms with Crippen LogP contribution in [0.1, 0.15) is 6.42 Å². The Hall–Kier alpha value is -1.13. The molecule has 2 rings (SSSR count). The molecule has 5 nitrogen and oxygen atoms in total. The first-order chi connectivity index (χ1) is 10.5. The molecule has 0 atom stereocenters. The van der Waals surface area contributed by atoms with Crippen molar-refractivity contribution in [2.45, 2.75) is 12.6 Å². The summed E-state index contributed by atoms with van der Waals surface area (Å²) in [7, 11) is -3.90. The molecule has 0 fully saturated rings. The van der Waals surface area contributed by atoms with Crippen LogP contribution in [0.2, 0.25) is 0 Å². The molecule has 0 amide bonds. The number of allylic oxidation sites excluding steroid dienone is 1. The van der Waals surface area contributed by atoms with Gasteiger partial charge in [-0.25, -0.2) is 8.42 Å². The van der Waals surface area contributed by atoms with E-state index in [-0.39, 0.29) is 16.4 Å². The van der Waals surface area contributed by atoms with E-state index in [1.54, 1.807) is 0 Å². The van der Waals surface area contributed by atoms with Crippen LogP contribution < -0.4 is 5.32 Å². The van der Waals surface area contributed by atoms with Gasteiger partial charge in [-0.15, -0.1) is 11.6 Å². The van der Waals surface area contributed by atoms with Gasteiger partial charge in [0.05, 0.1) is 6.42 Å². The van der Waals surface area contributed by atoms with Crippen molar-refractivity contribution in [1.29, 1.82) is 0 Å². The molecular weight excluding hydrogens is 385 g/mol. The van der Waals surface area contributed by atoms with Crippen LogP contribution in [0.5, 0.6) is 0 Å². The molecule has 2 aliphatic rings. The standard InChI is InChI=1S/C11H11Cl2F4N3O2S/c1-23(21,22)10-6-4-7(13)18-9(14)8(6)19(20(10)5-12)3-2-11(15,16)17/h4,18H,2-3,5H2,1H3. The summed E-state index contributed by atoms with van der Waals surface area (Å²) in [6.07, 6.45) is -3.80. The van der Waals surface area contributed by atoms with E-state index in [0.717, 1.165) is 22.3 Å². The second-order valence-electron chi connectivity index (χ2n) is 4.78. The van der Waals surface area contributed by atoms with Gasteiger partial charge in [-0.2, -0.15) is 17.6 Å². The predicted octanol–water partition coefficient (Wildman–Crippen LogP) is 2.75. The molecular formula is C11H11Cl2F4N3O2S. The van der Waals surface area contributed by atoms with E-state index in [2.05, 4.69) is 5.32 Å². The lowest BCUT2D eigenvalue weighted by molar-refractivity contribution is -0.141. The van der Waals surface area contributed by atoms with Crippen LogP contribution in [0.4, 0.5) is 17.6 Å². The zero-order chi connectivity index (χ0) is 17.6. The molecule has 12 heteroatoms. The van der Waals surface area contributed by atoms with Crippen LogP contribution in [0.25, 0.3) is 0 Å². The number of alkyl halides is 4. The Kier molecular flexibility index (Phi) is 4.80. The summed E-state index contributed by atoms with van der Waals surface area (Å²) >= 11 is 11.4. The third-order valence-electron chi connectivity index (χ3n) is 3.05. The average molecular weight is 396 g/mol. The number of hydrazine groups is 1. The fourth-order valence-electron chi connectivity index (χ4n) is 2.27. The van der Waals surface area contributed by atoms with Crippen LogP contribution in [0.15, 0.2) is 33.5 Å². The molecule has 0 aliphatic carbocycles. The van der Waals surface area contributed by atoms with Gasteiger partial charge in [-0.05, 0) is 6.08 Å². The minimum absolute atomic E-state index is 0.142. The fourth-order valence-corrected chi connectivity index (χ4v) is 3.89. The normalized spacial score (nSPS) is 19.2. The van der Waals surface area contributed by atoms with Gasteiger partial charge in [-0.1, -0.05) is 11.6 Å². The number of fused-ring (bicyclic) bond motifs is 1. The minimum Gasteiger partial charge on any atom is -0.321 e. The Morgan fingerprint density at radius 1 is 1.30 bits per heavy atom. The van der Waals surface area contributed by atoms with Crippen LogP contribution in [-0.4, -0.2) is 43.4 Å².